The standard InChI is InChI=1S/C14H16BrN3/c1-9-4-12(5-10(2)13(9)15)14-17-7-11(6-16-3)8-18-14/h4-5,7-8,16H,6H2,1-3H3. The number of aromatic nitrogens is 2. The largest absolute Gasteiger partial charge is 0.316 e. The minimum atomic E-state index is 0.772. The van der Waals surface area contributed by atoms with Crippen molar-refractivity contribution in [2.24, 2.45) is 0 Å². The van der Waals surface area contributed by atoms with Crippen molar-refractivity contribution in [2.75, 3.05) is 7.05 Å². The minimum Gasteiger partial charge on any atom is -0.316 e. The highest BCUT2D eigenvalue weighted by atomic mass is 79.9. The van der Waals surface area contributed by atoms with E-state index < -0.39 is 0 Å². The maximum absolute atomic E-state index is 4.41. The van der Waals surface area contributed by atoms with Crippen LogP contribution in [0.4, 0.5) is 0 Å². The summed E-state index contributed by atoms with van der Waals surface area (Å²) < 4.78 is 1.15. The molecule has 1 aromatic heterocycles. The second-order valence-corrected chi connectivity index (χ2v) is 5.16. The van der Waals surface area contributed by atoms with Crippen molar-refractivity contribution in [3.8, 4) is 11.4 Å². The lowest BCUT2D eigenvalue weighted by molar-refractivity contribution is 0.807. The summed E-state index contributed by atoms with van der Waals surface area (Å²) in [4.78, 5) is 8.83. The summed E-state index contributed by atoms with van der Waals surface area (Å²) in [7, 11) is 1.91. The van der Waals surface area contributed by atoms with Crippen molar-refractivity contribution in [1.82, 2.24) is 15.3 Å². The van der Waals surface area contributed by atoms with Gasteiger partial charge in [-0.1, -0.05) is 15.9 Å². The van der Waals surface area contributed by atoms with Crippen molar-refractivity contribution in [1.29, 1.82) is 0 Å². The lowest BCUT2D eigenvalue weighted by Crippen LogP contribution is -2.06. The summed E-state index contributed by atoms with van der Waals surface area (Å²) in [6.45, 7) is 4.95. The van der Waals surface area contributed by atoms with Gasteiger partial charge >= 0.3 is 0 Å². The quantitative estimate of drug-likeness (QED) is 0.946. The van der Waals surface area contributed by atoms with E-state index in [9.17, 15) is 0 Å². The monoisotopic (exact) mass is 305 g/mol. The van der Waals surface area contributed by atoms with Crippen LogP contribution in [-0.4, -0.2) is 17.0 Å². The van der Waals surface area contributed by atoms with Crippen LogP contribution in [-0.2, 0) is 6.54 Å². The fourth-order valence-electron chi connectivity index (χ4n) is 1.87. The van der Waals surface area contributed by atoms with Gasteiger partial charge in [0.15, 0.2) is 5.82 Å². The van der Waals surface area contributed by atoms with E-state index in [4.69, 9.17) is 0 Å². The second-order valence-electron chi connectivity index (χ2n) is 4.37. The van der Waals surface area contributed by atoms with Gasteiger partial charge in [-0.25, -0.2) is 9.97 Å². The van der Waals surface area contributed by atoms with Gasteiger partial charge in [-0.15, -0.1) is 0 Å². The highest BCUT2D eigenvalue weighted by Crippen LogP contribution is 2.26. The maximum atomic E-state index is 4.41. The van der Waals surface area contributed by atoms with E-state index in [0.29, 0.717) is 0 Å². The van der Waals surface area contributed by atoms with Crippen molar-refractivity contribution >= 4 is 15.9 Å². The van der Waals surface area contributed by atoms with Gasteiger partial charge in [0.25, 0.3) is 0 Å². The van der Waals surface area contributed by atoms with E-state index in [1.54, 1.807) is 0 Å². The SMILES string of the molecule is CNCc1cnc(-c2cc(C)c(Br)c(C)c2)nc1. The van der Waals surface area contributed by atoms with E-state index in [2.05, 4.69) is 57.2 Å². The Morgan fingerprint density at radius 1 is 1.11 bits per heavy atom. The normalized spacial score (nSPS) is 10.7. The number of aryl methyl sites for hydroxylation is 2. The molecule has 2 aromatic rings. The molecule has 18 heavy (non-hydrogen) atoms. The zero-order valence-electron chi connectivity index (χ0n) is 10.8. The van der Waals surface area contributed by atoms with Crippen LogP contribution >= 0.6 is 15.9 Å². The zero-order valence-corrected chi connectivity index (χ0v) is 12.4. The first-order valence-corrected chi connectivity index (χ1v) is 6.63. The van der Waals surface area contributed by atoms with Crippen LogP contribution in [0.1, 0.15) is 16.7 Å². The molecule has 0 saturated carbocycles. The summed E-state index contributed by atoms with van der Waals surface area (Å²) in [5.74, 6) is 0.772. The first kappa shape index (κ1) is 13.2. The maximum Gasteiger partial charge on any atom is 0.159 e. The van der Waals surface area contributed by atoms with Gasteiger partial charge in [-0.05, 0) is 44.2 Å². The van der Waals surface area contributed by atoms with Crippen molar-refractivity contribution in [3.05, 3.63) is 45.7 Å². The summed E-state index contributed by atoms with van der Waals surface area (Å²) >= 11 is 3.57. The molecule has 0 aliphatic heterocycles. The Hall–Kier alpha value is -1.26. The van der Waals surface area contributed by atoms with E-state index in [-0.39, 0.29) is 0 Å². The molecule has 2 rings (SSSR count). The van der Waals surface area contributed by atoms with Crippen LogP contribution in [0.2, 0.25) is 0 Å². The Morgan fingerprint density at radius 2 is 1.67 bits per heavy atom. The predicted molar refractivity (Wildman–Crippen MR) is 77.4 cm³/mol. The average Bonchev–Trinajstić information content (AvgIpc) is 2.37. The molecule has 0 spiro atoms. The van der Waals surface area contributed by atoms with Crippen LogP contribution in [0.15, 0.2) is 29.0 Å². The van der Waals surface area contributed by atoms with E-state index in [1.165, 1.54) is 11.1 Å². The summed E-state index contributed by atoms with van der Waals surface area (Å²) in [6.07, 6.45) is 3.73. The van der Waals surface area contributed by atoms with Gasteiger partial charge in [0.05, 0.1) is 0 Å². The Kier molecular flexibility index (Phi) is 4.09. The van der Waals surface area contributed by atoms with Crippen molar-refractivity contribution in [2.45, 2.75) is 20.4 Å². The predicted octanol–water partition coefficient (Wildman–Crippen LogP) is 3.24. The highest BCUT2D eigenvalue weighted by Gasteiger charge is 2.06. The van der Waals surface area contributed by atoms with Crippen molar-refractivity contribution in [3.63, 3.8) is 0 Å². The zero-order chi connectivity index (χ0) is 13.1. The number of rotatable bonds is 3. The Bertz CT molecular complexity index is 526. The third kappa shape index (κ3) is 2.76. The summed E-state index contributed by atoms with van der Waals surface area (Å²) in [6, 6.07) is 4.20. The number of benzene rings is 1. The van der Waals surface area contributed by atoms with E-state index in [0.717, 1.165) is 28.0 Å². The van der Waals surface area contributed by atoms with Crippen LogP contribution in [0.5, 0.6) is 0 Å². The molecule has 0 fully saturated rings. The first-order valence-electron chi connectivity index (χ1n) is 5.84. The molecule has 0 saturated heterocycles. The first-order chi connectivity index (χ1) is 8.61. The topological polar surface area (TPSA) is 37.8 Å². The fourth-order valence-corrected chi connectivity index (χ4v) is 2.10. The van der Waals surface area contributed by atoms with Gasteiger partial charge < -0.3 is 5.32 Å². The van der Waals surface area contributed by atoms with E-state index >= 15 is 0 Å². The van der Waals surface area contributed by atoms with Crippen LogP contribution in [0.3, 0.4) is 0 Å². The molecular formula is C14H16BrN3. The second kappa shape index (κ2) is 5.59. The fraction of sp³-hybridized carbons (Fsp3) is 0.286. The number of hydrogen-bond acceptors (Lipinski definition) is 3. The molecule has 1 N–H and O–H groups in total. The van der Waals surface area contributed by atoms with Gasteiger partial charge in [-0.3, -0.25) is 0 Å². The average molecular weight is 306 g/mol. The number of nitrogens with one attached hydrogen (secondary N) is 1. The van der Waals surface area contributed by atoms with Gasteiger partial charge in [0.2, 0.25) is 0 Å². The smallest absolute Gasteiger partial charge is 0.159 e. The molecule has 4 heteroatoms. The molecule has 94 valence electrons. The van der Waals surface area contributed by atoms with Crippen LogP contribution < -0.4 is 5.32 Å². The molecule has 1 heterocycles. The highest BCUT2D eigenvalue weighted by molar-refractivity contribution is 9.10. The van der Waals surface area contributed by atoms with Gasteiger partial charge in [0.1, 0.15) is 0 Å². The van der Waals surface area contributed by atoms with Crippen molar-refractivity contribution < 1.29 is 0 Å². The minimum absolute atomic E-state index is 0.772. The molecule has 0 aliphatic rings. The lowest BCUT2D eigenvalue weighted by atomic mass is 10.1. The van der Waals surface area contributed by atoms with E-state index in [1.807, 2.05) is 19.4 Å². The molecule has 0 radical (unpaired) electrons. The third-order valence-corrected chi connectivity index (χ3v) is 4.03. The molecule has 0 aliphatic carbocycles. The van der Waals surface area contributed by atoms with Crippen LogP contribution in [0.25, 0.3) is 11.4 Å². The molecule has 0 atom stereocenters. The third-order valence-electron chi connectivity index (χ3n) is 2.78. The molecule has 0 unspecified atom stereocenters. The Balaban J connectivity index is 2.36. The number of halogens is 1. The molecule has 0 bridgehead atoms. The Morgan fingerprint density at radius 3 is 2.17 bits per heavy atom. The van der Waals surface area contributed by atoms with Gasteiger partial charge in [0, 0.05) is 34.5 Å². The number of hydrogen-bond donors (Lipinski definition) is 1. The van der Waals surface area contributed by atoms with Crippen LogP contribution in [0, 0.1) is 13.8 Å². The molecule has 3 nitrogen and oxygen atoms in total. The Labute approximate surface area is 116 Å². The molecule has 0 amide bonds. The molecular weight excluding hydrogens is 290 g/mol. The van der Waals surface area contributed by atoms with Gasteiger partial charge in [-0.2, -0.15) is 0 Å². The summed E-state index contributed by atoms with van der Waals surface area (Å²) in [5.41, 5.74) is 4.55. The number of nitrogens with zero attached hydrogens (tertiary/aromatic N) is 2. The summed E-state index contributed by atoms with van der Waals surface area (Å²) in [5, 5.41) is 3.08. The molecule has 1 aromatic carbocycles. The lowest BCUT2D eigenvalue weighted by Gasteiger charge is -2.07.